The summed E-state index contributed by atoms with van der Waals surface area (Å²) < 4.78 is 59.7. The normalized spacial score (nSPS) is 56.4. The molecule has 86 heavy (non-hydrogen) atoms. The largest absolute Gasteiger partial charge is 0.432 e. The minimum atomic E-state index is -1.99. The van der Waals surface area contributed by atoms with E-state index in [4.69, 9.17) is 47.4 Å². The molecule has 5 heterocycles. The zero-order chi connectivity index (χ0) is 63.0. The topological polar surface area (TPSA) is 433 Å². The van der Waals surface area contributed by atoms with Crippen LogP contribution < -0.4 is 0 Å². The van der Waals surface area contributed by atoms with Gasteiger partial charge in [0.15, 0.2) is 31.3 Å². The van der Waals surface area contributed by atoms with Crippen molar-refractivity contribution >= 4 is 5.97 Å². The Kier molecular flexibility index (Phi) is 18.9. The number of rotatable bonds is 13. The second-order valence-electron chi connectivity index (χ2n) is 28.7. The van der Waals surface area contributed by atoms with E-state index < -0.39 is 225 Å². The maximum atomic E-state index is 15.6. The van der Waals surface area contributed by atoms with Crippen molar-refractivity contribution in [3.05, 3.63) is 11.6 Å². The molecular formula is C59H96O27. The van der Waals surface area contributed by atoms with E-state index in [0.29, 0.717) is 32.1 Å². The number of carbonyl (C=O) groups excluding carboxylic acids is 1. The van der Waals surface area contributed by atoms with Crippen molar-refractivity contribution < 1.29 is 134 Å². The van der Waals surface area contributed by atoms with Crippen LogP contribution in [0.2, 0.25) is 0 Å². The van der Waals surface area contributed by atoms with Gasteiger partial charge in [-0.2, -0.15) is 0 Å². The van der Waals surface area contributed by atoms with Gasteiger partial charge in [0, 0.05) is 5.41 Å². The molecule has 16 N–H and O–H groups in total. The van der Waals surface area contributed by atoms with Gasteiger partial charge in [0.05, 0.1) is 56.4 Å². The summed E-state index contributed by atoms with van der Waals surface area (Å²) >= 11 is 0. The lowest BCUT2D eigenvalue weighted by molar-refractivity contribution is -0.367. The highest BCUT2D eigenvalue weighted by atomic mass is 16.8. The van der Waals surface area contributed by atoms with Crippen molar-refractivity contribution in [3.8, 4) is 0 Å². The molecule has 5 aliphatic carbocycles. The first-order valence-corrected chi connectivity index (χ1v) is 30.7. The highest BCUT2D eigenvalue weighted by Crippen LogP contribution is 2.76. The zero-order valence-corrected chi connectivity index (χ0v) is 50.3. The van der Waals surface area contributed by atoms with Gasteiger partial charge < -0.3 is 129 Å². The molecule has 0 bridgehead atoms. The number of fused-ring (bicyclic) bond motifs is 7. The Hall–Kier alpha value is -1.79. The van der Waals surface area contributed by atoms with Crippen molar-refractivity contribution in [2.24, 2.45) is 50.2 Å². The Morgan fingerprint density at radius 1 is 0.523 bits per heavy atom. The molecule has 10 aliphatic rings. The second kappa shape index (κ2) is 24.3. The summed E-state index contributed by atoms with van der Waals surface area (Å²) in [6.07, 6.45) is -36.2. The third-order valence-corrected chi connectivity index (χ3v) is 23.2. The van der Waals surface area contributed by atoms with Crippen molar-refractivity contribution in [1.82, 2.24) is 0 Å². The molecule has 10 rings (SSSR count). The summed E-state index contributed by atoms with van der Waals surface area (Å²) in [7, 11) is 0. The molecule has 0 aromatic heterocycles. The predicted molar refractivity (Wildman–Crippen MR) is 289 cm³/mol. The quantitative estimate of drug-likeness (QED) is 0.0482. The molecule has 0 amide bonds. The van der Waals surface area contributed by atoms with Crippen molar-refractivity contribution in [2.75, 3.05) is 19.8 Å². The van der Waals surface area contributed by atoms with Crippen molar-refractivity contribution in [3.63, 3.8) is 0 Å². The van der Waals surface area contributed by atoms with Crippen molar-refractivity contribution in [2.45, 2.75) is 279 Å². The summed E-state index contributed by atoms with van der Waals surface area (Å²) in [5, 5.41) is 177. The Labute approximate surface area is 499 Å². The number of aliphatic hydroxyl groups excluding tert-OH is 16. The van der Waals surface area contributed by atoms with Gasteiger partial charge in [-0.3, -0.25) is 4.79 Å². The number of esters is 1. The van der Waals surface area contributed by atoms with Crippen LogP contribution in [0.25, 0.3) is 0 Å². The monoisotopic (exact) mass is 1240 g/mol. The molecule has 0 spiro atoms. The zero-order valence-electron chi connectivity index (χ0n) is 50.3. The van der Waals surface area contributed by atoms with Gasteiger partial charge in [-0.1, -0.05) is 53.2 Å². The highest BCUT2D eigenvalue weighted by Gasteiger charge is 2.73. The lowest BCUT2D eigenvalue weighted by atomic mass is 9.33. The Morgan fingerprint density at radius 2 is 1.05 bits per heavy atom. The van der Waals surface area contributed by atoms with Gasteiger partial charge in [-0.25, -0.2) is 0 Å². The number of hydrogen-bond acceptors (Lipinski definition) is 27. The number of carbonyl (C=O) groups is 1. The minimum absolute atomic E-state index is 0.120. The summed E-state index contributed by atoms with van der Waals surface area (Å²) in [6, 6.07) is 0. The summed E-state index contributed by atoms with van der Waals surface area (Å²) in [4.78, 5) is 15.6. The van der Waals surface area contributed by atoms with E-state index in [-0.39, 0.29) is 36.5 Å². The fourth-order valence-corrected chi connectivity index (χ4v) is 17.9. The molecule has 27 heteroatoms. The van der Waals surface area contributed by atoms with E-state index in [2.05, 4.69) is 40.7 Å². The maximum Gasteiger partial charge on any atom is 0.317 e. The molecule has 35 atom stereocenters. The van der Waals surface area contributed by atoms with E-state index in [0.717, 1.165) is 5.57 Å². The van der Waals surface area contributed by atoms with Gasteiger partial charge in [0.1, 0.15) is 97.0 Å². The molecule has 494 valence electrons. The van der Waals surface area contributed by atoms with Gasteiger partial charge in [-0.05, 0) is 112 Å². The van der Waals surface area contributed by atoms with Crippen LogP contribution >= 0.6 is 0 Å². The van der Waals surface area contributed by atoms with Gasteiger partial charge in [0.25, 0.3) is 0 Å². The van der Waals surface area contributed by atoms with Crippen LogP contribution in [0.1, 0.15) is 114 Å². The molecule has 0 unspecified atom stereocenters. The van der Waals surface area contributed by atoms with E-state index in [1.165, 1.54) is 20.8 Å². The molecule has 4 saturated carbocycles. The van der Waals surface area contributed by atoms with Gasteiger partial charge in [-0.15, -0.1) is 0 Å². The molecule has 0 radical (unpaired) electrons. The summed E-state index contributed by atoms with van der Waals surface area (Å²) in [5.74, 6) is -1.85. The van der Waals surface area contributed by atoms with E-state index >= 15 is 4.79 Å². The number of hydrogen-bond donors (Lipinski definition) is 16. The first kappa shape index (κ1) is 67.1. The lowest BCUT2D eigenvalue weighted by Crippen LogP contribution is -2.70. The summed E-state index contributed by atoms with van der Waals surface area (Å²) in [5.41, 5.74) is -4.01. The molecule has 0 aromatic rings. The van der Waals surface area contributed by atoms with Crippen LogP contribution in [-0.4, -0.2) is 273 Å². The van der Waals surface area contributed by atoms with E-state index in [1.807, 2.05) is 6.92 Å². The Balaban J connectivity index is 0.865. The Bertz CT molecular complexity index is 2420. The van der Waals surface area contributed by atoms with Gasteiger partial charge >= 0.3 is 5.97 Å². The molecular weight excluding hydrogens is 1140 g/mol. The van der Waals surface area contributed by atoms with Crippen LogP contribution in [0.4, 0.5) is 0 Å². The number of allylic oxidation sites excluding steroid dienone is 2. The average molecular weight is 1240 g/mol. The minimum Gasteiger partial charge on any atom is -0.432 e. The predicted octanol–water partition coefficient (Wildman–Crippen LogP) is -3.58. The SMILES string of the molecule is C[C@H]1O[C@@H](OC(=O)[C@]23CCC(C)(C)C[C@H]2C2=CC[C@@H]4[C@@]5(C)C[C@H](O)[C@H](O[C@@H]6O[C@H](CO)[C@@H](O)[C@H](O)[C@H]6O)[C@@](C)(CO)[C@@H]5CC[C@@]4(C)[C@]2(C)C[C@H]3O)[C@H](O[C@@H]2O[C@H](C)[C@@H](O[C@@H]3O[C@H](CO)[C@H](O[C@@H]4O[C@H](C)[C@@H](O)[C@H](O)[C@@H]4O)[C@H]3O)[C@H](O)[C@@H]2O)[C@@H](O)[C@H]1O. The van der Waals surface area contributed by atoms with Crippen LogP contribution in [0.15, 0.2) is 11.6 Å². The third-order valence-electron chi connectivity index (χ3n) is 23.2. The number of ether oxygens (including phenoxy) is 10. The summed E-state index contributed by atoms with van der Waals surface area (Å²) in [6.45, 7) is 15.0. The van der Waals surface area contributed by atoms with Crippen molar-refractivity contribution in [1.29, 1.82) is 0 Å². The lowest BCUT2D eigenvalue weighted by Gasteiger charge is -2.72. The fraction of sp³-hybridized carbons (Fsp3) is 0.949. The van der Waals surface area contributed by atoms with Crippen LogP contribution in [0, 0.1) is 50.2 Å². The third kappa shape index (κ3) is 10.7. The Morgan fingerprint density at radius 3 is 1.67 bits per heavy atom. The molecule has 9 fully saturated rings. The highest BCUT2D eigenvalue weighted by molar-refractivity contribution is 5.80. The molecule has 27 nitrogen and oxygen atoms in total. The standard InChI is InChI=1S/C59H96O27/c1-22-33(65)36(68)40(72)48(77-22)83-45-29(20-61)81-51(43(45)75)82-44-24(3)79-49(42(74)39(44)71)84-46-38(70)34(66)23(2)78-52(46)86-53(76)59-15-14-54(4,5)16-26(59)25-10-11-31-55(6)17-27(63)47(85-50-41(73)37(69)35(67)28(19-60)80-50)56(7,21-62)30(55)12-13-57(31,8)58(25,9)18-32(59)64/h10,22-24,26-52,60-75H,11-21H2,1-9H3/t22-,23-,24-,26+,27+,28-,29-,30-,31-,32-,33-,34+,35-,36+,37+,38+,39-,40+,41-,42+,43-,44-,45+,46-,47+,48+,49+,50+,51+,52+,55+,56+,57-,58-,59-/m1/s1. The smallest absolute Gasteiger partial charge is 0.317 e. The fourth-order valence-electron chi connectivity index (χ4n) is 17.9. The second-order valence-corrected chi connectivity index (χ2v) is 28.7. The van der Waals surface area contributed by atoms with E-state index in [9.17, 15) is 81.7 Å². The first-order valence-electron chi connectivity index (χ1n) is 30.7. The van der Waals surface area contributed by atoms with Crippen LogP contribution in [-0.2, 0) is 52.2 Å². The molecule has 0 aromatic carbocycles. The molecule has 5 aliphatic heterocycles. The number of aliphatic hydroxyl groups is 16. The van der Waals surface area contributed by atoms with Crippen LogP contribution in [0.3, 0.4) is 0 Å². The van der Waals surface area contributed by atoms with E-state index in [1.54, 1.807) is 0 Å². The average Bonchev–Trinajstić information content (AvgIpc) is 0.740. The molecule has 5 saturated heterocycles. The first-order chi connectivity index (χ1) is 40.2. The van der Waals surface area contributed by atoms with Crippen LogP contribution in [0.5, 0.6) is 0 Å². The maximum absolute atomic E-state index is 15.6. The van der Waals surface area contributed by atoms with Gasteiger partial charge in [0.2, 0.25) is 6.29 Å².